The molecular weight excluding hydrogens is 276 g/mol. The third kappa shape index (κ3) is 4.10. The highest BCUT2D eigenvalue weighted by atomic mass is 16.5. The number of nitrogen functional groups attached to an aromatic ring is 1. The summed E-state index contributed by atoms with van der Waals surface area (Å²) in [5.41, 5.74) is 7.63. The van der Waals surface area contributed by atoms with Gasteiger partial charge in [0.05, 0.1) is 0 Å². The van der Waals surface area contributed by atoms with Crippen molar-refractivity contribution in [1.82, 2.24) is 9.97 Å². The molecule has 0 aliphatic carbocycles. The van der Waals surface area contributed by atoms with Crippen molar-refractivity contribution in [2.24, 2.45) is 0 Å². The van der Waals surface area contributed by atoms with Crippen LogP contribution in [-0.4, -0.2) is 15.5 Å². The average molecular weight is 300 g/mol. The Bertz CT molecular complexity index is 630. The summed E-state index contributed by atoms with van der Waals surface area (Å²) in [4.78, 5) is 8.30. The van der Waals surface area contributed by atoms with Crippen LogP contribution >= 0.6 is 0 Å². The largest absolute Gasteiger partial charge is 0.437 e. The van der Waals surface area contributed by atoms with Gasteiger partial charge in [-0.2, -0.15) is 4.98 Å². The molecule has 118 valence electrons. The normalized spacial score (nSPS) is 11.5. The standard InChI is InChI=1S/C17H24N4O/c1-11(2)12-6-8-13(9-7-12)22-16-14(18)15(19-10-20-16)21-17(3,4)5/h6-11H,18H2,1-5H3,(H,19,20,21). The number of hydrogen-bond donors (Lipinski definition) is 2. The van der Waals surface area contributed by atoms with Crippen molar-refractivity contribution in [1.29, 1.82) is 0 Å². The Kier molecular flexibility index (Phi) is 4.54. The molecule has 2 aromatic rings. The molecule has 0 amide bonds. The summed E-state index contributed by atoms with van der Waals surface area (Å²) in [6, 6.07) is 7.94. The van der Waals surface area contributed by atoms with Gasteiger partial charge in [0, 0.05) is 5.54 Å². The lowest BCUT2D eigenvalue weighted by Crippen LogP contribution is -2.27. The number of rotatable bonds is 4. The lowest BCUT2D eigenvalue weighted by molar-refractivity contribution is 0.464. The topological polar surface area (TPSA) is 73.1 Å². The molecule has 0 saturated carbocycles. The van der Waals surface area contributed by atoms with Crippen molar-refractivity contribution in [3.8, 4) is 11.6 Å². The highest BCUT2D eigenvalue weighted by Crippen LogP contribution is 2.31. The molecule has 3 N–H and O–H groups in total. The molecule has 1 heterocycles. The minimum absolute atomic E-state index is 0.140. The summed E-state index contributed by atoms with van der Waals surface area (Å²) in [5.74, 6) is 2.13. The van der Waals surface area contributed by atoms with Crippen LogP contribution in [-0.2, 0) is 0 Å². The maximum absolute atomic E-state index is 6.10. The van der Waals surface area contributed by atoms with Crippen molar-refractivity contribution in [3.05, 3.63) is 36.2 Å². The zero-order chi connectivity index (χ0) is 16.3. The zero-order valence-corrected chi connectivity index (χ0v) is 13.8. The van der Waals surface area contributed by atoms with Crippen LogP contribution in [0.25, 0.3) is 0 Å². The van der Waals surface area contributed by atoms with Gasteiger partial charge in [0.2, 0.25) is 5.88 Å². The van der Waals surface area contributed by atoms with E-state index in [1.54, 1.807) is 0 Å². The van der Waals surface area contributed by atoms with Gasteiger partial charge in [0.15, 0.2) is 5.82 Å². The fraction of sp³-hybridized carbons (Fsp3) is 0.412. The molecule has 1 aromatic heterocycles. The number of ether oxygens (including phenoxy) is 1. The van der Waals surface area contributed by atoms with E-state index in [4.69, 9.17) is 10.5 Å². The van der Waals surface area contributed by atoms with Gasteiger partial charge in [0.1, 0.15) is 17.8 Å². The number of nitrogens with zero attached hydrogens (tertiary/aromatic N) is 2. The summed E-state index contributed by atoms with van der Waals surface area (Å²) in [5, 5.41) is 3.24. The Labute approximate surface area is 131 Å². The first-order valence-electron chi connectivity index (χ1n) is 7.43. The Balaban J connectivity index is 2.21. The van der Waals surface area contributed by atoms with E-state index in [1.807, 2.05) is 45.0 Å². The van der Waals surface area contributed by atoms with Gasteiger partial charge in [-0.25, -0.2) is 4.98 Å². The minimum Gasteiger partial charge on any atom is -0.437 e. The molecule has 0 spiro atoms. The molecule has 0 aliphatic heterocycles. The van der Waals surface area contributed by atoms with Gasteiger partial charge in [-0.1, -0.05) is 26.0 Å². The average Bonchev–Trinajstić information content (AvgIpc) is 2.42. The molecule has 0 fully saturated rings. The van der Waals surface area contributed by atoms with Crippen LogP contribution in [0.4, 0.5) is 11.5 Å². The summed E-state index contributed by atoms with van der Waals surface area (Å²) in [6.07, 6.45) is 1.45. The predicted molar refractivity (Wildman–Crippen MR) is 90.4 cm³/mol. The monoisotopic (exact) mass is 300 g/mol. The molecule has 0 aliphatic rings. The fourth-order valence-electron chi connectivity index (χ4n) is 1.95. The lowest BCUT2D eigenvalue weighted by Gasteiger charge is -2.22. The highest BCUT2D eigenvalue weighted by molar-refractivity contribution is 5.67. The van der Waals surface area contributed by atoms with E-state index >= 15 is 0 Å². The van der Waals surface area contributed by atoms with Crippen LogP contribution in [0.2, 0.25) is 0 Å². The lowest BCUT2D eigenvalue weighted by atomic mass is 10.0. The Morgan fingerprint density at radius 2 is 1.73 bits per heavy atom. The van der Waals surface area contributed by atoms with E-state index in [1.165, 1.54) is 11.9 Å². The number of benzene rings is 1. The first kappa shape index (κ1) is 16.1. The number of anilines is 2. The van der Waals surface area contributed by atoms with E-state index in [0.717, 1.165) is 0 Å². The Morgan fingerprint density at radius 1 is 1.09 bits per heavy atom. The van der Waals surface area contributed by atoms with E-state index in [0.29, 0.717) is 29.1 Å². The van der Waals surface area contributed by atoms with Crippen LogP contribution < -0.4 is 15.8 Å². The van der Waals surface area contributed by atoms with E-state index in [-0.39, 0.29) is 5.54 Å². The third-order valence-electron chi connectivity index (χ3n) is 3.10. The number of hydrogen-bond acceptors (Lipinski definition) is 5. The second-order valence-electron chi connectivity index (χ2n) is 6.64. The van der Waals surface area contributed by atoms with Crippen molar-refractivity contribution in [3.63, 3.8) is 0 Å². The smallest absolute Gasteiger partial charge is 0.248 e. The van der Waals surface area contributed by atoms with E-state index < -0.39 is 0 Å². The molecule has 0 unspecified atom stereocenters. The molecule has 22 heavy (non-hydrogen) atoms. The number of nitrogens with one attached hydrogen (secondary N) is 1. The molecular formula is C17H24N4O. The SMILES string of the molecule is CC(C)c1ccc(Oc2ncnc(NC(C)(C)C)c2N)cc1. The van der Waals surface area contributed by atoms with Gasteiger partial charge in [-0.15, -0.1) is 0 Å². The second kappa shape index (κ2) is 6.22. The zero-order valence-electron chi connectivity index (χ0n) is 13.8. The quantitative estimate of drug-likeness (QED) is 0.886. The van der Waals surface area contributed by atoms with E-state index in [9.17, 15) is 0 Å². The van der Waals surface area contributed by atoms with Crippen molar-refractivity contribution < 1.29 is 4.74 Å². The van der Waals surface area contributed by atoms with Crippen LogP contribution in [0.3, 0.4) is 0 Å². The summed E-state index contributed by atoms with van der Waals surface area (Å²) >= 11 is 0. The number of nitrogens with two attached hydrogens (primary N) is 1. The van der Waals surface area contributed by atoms with Crippen molar-refractivity contribution in [2.45, 2.75) is 46.1 Å². The summed E-state index contributed by atoms with van der Waals surface area (Å²) in [7, 11) is 0. The maximum atomic E-state index is 6.10. The summed E-state index contributed by atoms with van der Waals surface area (Å²) < 4.78 is 5.78. The molecule has 0 radical (unpaired) electrons. The summed E-state index contributed by atoms with van der Waals surface area (Å²) in [6.45, 7) is 10.4. The van der Waals surface area contributed by atoms with Gasteiger partial charge >= 0.3 is 0 Å². The predicted octanol–water partition coefficient (Wildman–Crippen LogP) is 4.18. The molecule has 5 nitrogen and oxygen atoms in total. The molecule has 5 heteroatoms. The molecule has 0 saturated heterocycles. The second-order valence-corrected chi connectivity index (χ2v) is 6.64. The molecule has 0 atom stereocenters. The van der Waals surface area contributed by atoms with Gasteiger partial charge in [-0.3, -0.25) is 0 Å². The highest BCUT2D eigenvalue weighted by Gasteiger charge is 2.16. The van der Waals surface area contributed by atoms with Gasteiger partial charge < -0.3 is 15.8 Å². The fourth-order valence-corrected chi connectivity index (χ4v) is 1.95. The third-order valence-corrected chi connectivity index (χ3v) is 3.10. The maximum Gasteiger partial charge on any atom is 0.248 e. The van der Waals surface area contributed by atoms with Gasteiger partial charge in [-0.05, 0) is 44.4 Å². The van der Waals surface area contributed by atoms with Crippen LogP contribution in [0, 0.1) is 0 Å². The minimum atomic E-state index is -0.140. The van der Waals surface area contributed by atoms with E-state index in [2.05, 4.69) is 29.1 Å². The number of aromatic nitrogens is 2. The molecule has 2 rings (SSSR count). The van der Waals surface area contributed by atoms with Gasteiger partial charge in [0.25, 0.3) is 0 Å². The van der Waals surface area contributed by atoms with Crippen LogP contribution in [0.1, 0.15) is 46.1 Å². The Morgan fingerprint density at radius 3 is 2.27 bits per heavy atom. The van der Waals surface area contributed by atoms with Crippen molar-refractivity contribution in [2.75, 3.05) is 11.1 Å². The first-order valence-corrected chi connectivity index (χ1v) is 7.43. The Hall–Kier alpha value is -2.30. The van der Waals surface area contributed by atoms with Crippen LogP contribution in [0.5, 0.6) is 11.6 Å². The van der Waals surface area contributed by atoms with Crippen molar-refractivity contribution >= 4 is 11.5 Å². The van der Waals surface area contributed by atoms with Crippen LogP contribution in [0.15, 0.2) is 30.6 Å². The molecule has 1 aromatic carbocycles. The first-order chi connectivity index (χ1) is 10.3. The molecule has 0 bridgehead atoms.